The van der Waals surface area contributed by atoms with Crippen molar-refractivity contribution in [2.75, 3.05) is 12.4 Å². The second-order valence-electron chi connectivity index (χ2n) is 8.05. The number of halogens is 2. The molecular weight excluding hydrogens is 468 g/mol. The van der Waals surface area contributed by atoms with E-state index in [0.717, 1.165) is 5.56 Å². The summed E-state index contributed by atoms with van der Waals surface area (Å²) in [5, 5.41) is 2.83. The fraction of sp³-hybridized carbons (Fsp3) is 0.217. The molecule has 4 N–H and O–H groups in total. The zero-order valence-corrected chi connectivity index (χ0v) is 18.7. The summed E-state index contributed by atoms with van der Waals surface area (Å²) in [5.41, 5.74) is 1.03. The Bertz CT molecular complexity index is 1270. The monoisotopic (exact) mass is 489 g/mol. The number of carbonyl (C=O) groups excluding carboxylic acids is 1. The summed E-state index contributed by atoms with van der Waals surface area (Å²) in [5.74, 6) is -0.118. The van der Waals surface area contributed by atoms with Crippen molar-refractivity contribution in [3.8, 4) is 22.8 Å². The smallest absolute Gasteiger partial charge is 0.395 e. The molecule has 1 aliphatic carbocycles. The molecule has 0 radical (unpaired) electrons. The van der Waals surface area contributed by atoms with Gasteiger partial charge in [0.2, 0.25) is 5.91 Å². The van der Waals surface area contributed by atoms with E-state index in [4.69, 9.17) is 0 Å². The highest BCUT2D eigenvalue weighted by Gasteiger charge is 2.53. The van der Waals surface area contributed by atoms with Gasteiger partial charge in [-0.05, 0) is 54.8 Å². The molecule has 2 aliphatic rings. The number of anilines is 1. The van der Waals surface area contributed by atoms with Gasteiger partial charge in [0.25, 0.3) is 0 Å². The molecule has 1 fully saturated rings. The predicted octanol–water partition coefficient (Wildman–Crippen LogP) is 4.98. The van der Waals surface area contributed by atoms with Crippen LogP contribution in [-0.4, -0.2) is 33.3 Å². The van der Waals surface area contributed by atoms with Crippen LogP contribution in [0.1, 0.15) is 18.4 Å². The Hall–Kier alpha value is -3.25. The van der Waals surface area contributed by atoms with E-state index >= 15 is 0 Å². The number of aromatic nitrogens is 1. The van der Waals surface area contributed by atoms with Crippen LogP contribution in [0.2, 0.25) is 0 Å². The Kier molecular flexibility index (Phi) is 5.24. The van der Waals surface area contributed by atoms with E-state index in [1.807, 2.05) is 0 Å². The fourth-order valence-electron chi connectivity index (χ4n) is 3.85. The lowest BCUT2D eigenvalue weighted by molar-refractivity contribution is -0.286. The molecule has 5 rings (SSSR count). The fourth-order valence-corrected chi connectivity index (χ4v) is 4.60. The lowest BCUT2D eigenvalue weighted by Gasteiger charge is -2.31. The lowest BCUT2D eigenvalue weighted by atomic mass is 9.94. The second kappa shape index (κ2) is 7.91. The molecule has 1 amide bonds. The zero-order chi connectivity index (χ0) is 24.1. The van der Waals surface area contributed by atoms with E-state index in [9.17, 15) is 22.7 Å². The number of fused-ring (bicyclic) bond motifs is 1. The van der Waals surface area contributed by atoms with Gasteiger partial charge in [0.1, 0.15) is 5.82 Å². The maximum absolute atomic E-state index is 13.3. The standard InChI is InChI=1S/C23H21F2N3O5S/c1-26-34(30,31)16-8-5-14(6-9-16)17-3-2-4-20(27-17)28-21(29)22(11-12-22)15-7-10-18-19(13-15)33-23(24,25)32-18/h2-10,13,26,30-31H,11-12H2,1H3,(H,27,28,29). The number of hydrogen-bond acceptors (Lipinski definition) is 7. The first-order valence-electron chi connectivity index (χ1n) is 10.4. The van der Waals surface area contributed by atoms with E-state index in [2.05, 4.69) is 24.5 Å². The molecule has 1 aromatic heterocycles. The molecule has 1 aliphatic heterocycles. The van der Waals surface area contributed by atoms with Crippen LogP contribution in [0, 0.1) is 0 Å². The van der Waals surface area contributed by atoms with Gasteiger partial charge in [-0.25, -0.2) is 9.71 Å². The minimum absolute atomic E-state index is 0.0682. The van der Waals surface area contributed by atoms with E-state index in [1.54, 1.807) is 48.5 Å². The largest absolute Gasteiger partial charge is 0.586 e. The first-order chi connectivity index (χ1) is 16.1. The second-order valence-corrected chi connectivity index (χ2v) is 10.0. The SMILES string of the molecule is CNS(O)(O)c1ccc(-c2cccc(NC(=O)C3(c4ccc5c(c4)OC(F)(F)O5)CC3)n2)cc1. The third-order valence-electron chi connectivity index (χ3n) is 5.89. The molecule has 8 nitrogen and oxygen atoms in total. The average molecular weight is 490 g/mol. The van der Waals surface area contributed by atoms with Crippen molar-refractivity contribution < 1.29 is 32.2 Å². The molecule has 0 saturated heterocycles. The van der Waals surface area contributed by atoms with Gasteiger partial charge in [0.05, 0.1) is 16.0 Å². The normalized spacial score (nSPS) is 17.8. The minimum atomic E-state index is -3.72. The molecule has 178 valence electrons. The number of nitrogens with one attached hydrogen (secondary N) is 2. The summed E-state index contributed by atoms with van der Waals surface area (Å²) >= 11 is 0. The number of nitrogens with zero attached hydrogens (tertiary/aromatic N) is 1. The van der Waals surface area contributed by atoms with Crippen molar-refractivity contribution >= 4 is 22.5 Å². The maximum atomic E-state index is 13.3. The van der Waals surface area contributed by atoms with Crippen LogP contribution in [0.5, 0.6) is 11.5 Å². The van der Waals surface area contributed by atoms with Crippen molar-refractivity contribution in [2.45, 2.75) is 29.4 Å². The highest BCUT2D eigenvalue weighted by molar-refractivity contribution is 8.22. The van der Waals surface area contributed by atoms with Gasteiger partial charge in [-0.1, -0.05) is 24.3 Å². The quantitative estimate of drug-likeness (QED) is 0.386. The van der Waals surface area contributed by atoms with Gasteiger partial charge in [-0.2, -0.15) is 0 Å². The summed E-state index contributed by atoms with van der Waals surface area (Å²) in [7, 11) is -1.59. The molecule has 3 aromatic rings. The molecule has 0 spiro atoms. The number of rotatable bonds is 6. The molecule has 2 heterocycles. The number of hydrogen-bond donors (Lipinski definition) is 4. The van der Waals surface area contributed by atoms with E-state index in [-0.39, 0.29) is 17.4 Å². The van der Waals surface area contributed by atoms with Crippen molar-refractivity contribution in [1.29, 1.82) is 0 Å². The summed E-state index contributed by atoms with van der Waals surface area (Å²) < 4.78 is 58.1. The Labute approximate surface area is 195 Å². The van der Waals surface area contributed by atoms with E-state index < -0.39 is 22.5 Å². The zero-order valence-electron chi connectivity index (χ0n) is 17.9. The summed E-state index contributed by atoms with van der Waals surface area (Å²) in [6, 6.07) is 16.2. The van der Waals surface area contributed by atoms with Gasteiger partial charge < -0.3 is 14.8 Å². The Morgan fingerprint density at radius 1 is 1.03 bits per heavy atom. The Balaban J connectivity index is 1.34. The van der Waals surface area contributed by atoms with Crippen LogP contribution < -0.4 is 19.5 Å². The summed E-state index contributed by atoms with van der Waals surface area (Å²) in [6.45, 7) is 0. The highest BCUT2D eigenvalue weighted by atomic mass is 32.3. The molecule has 0 atom stereocenters. The van der Waals surface area contributed by atoms with Crippen molar-refractivity contribution in [3.63, 3.8) is 0 Å². The lowest BCUT2D eigenvalue weighted by Crippen LogP contribution is -2.28. The summed E-state index contributed by atoms with van der Waals surface area (Å²) in [4.78, 5) is 18.0. The molecule has 0 bridgehead atoms. The van der Waals surface area contributed by atoms with Crippen molar-refractivity contribution in [2.24, 2.45) is 0 Å². The third-order valence-corrected chi connectivity index (χ3v) is 7.39. The van der Waals surface area contributed by atoms with Gasteiger partial charge >= 0.3 is 6.29 Å². The topological polar surface area (TPSA) is 113 Å². The molecule has 11 heteroatoms. The number of alkyl halides is 2. The first kappa shape index (κ1) is 22.5. The van der Waals surface area contributed by atoms with Crippen LogP contribution in [0.3, 0.4) is 0 Å². The molecule has 34 heavy (non-hydrogen) atoms. The number of pyridine rings is 1. The van der Waals surface area contributed by atoms with E-state index in [0.29, 0.717) is 34.8 Å². The molecule has 2 aromatic carbocycles. The number of amides is 1. The van der Waals surface area contributed by atoms with Crippen LogP contribution in [-0.2, 0) is 10.2 Å². The van der Waals surface area contributed by atoms with Gasteiger partial charge in [0.15, 0.2) is 11.5 Å². The van der Waals surface area contributed by atoms with Gasteiger partial charge in [-0.3, -0.25) is 13.9 Å². The average Bonchev–Trinajstić information content (AvgIpc) is 3.56. The van der Waals surface area contributed by atoms with Crippen LogP contribution in [0.25, 0.3) is 11.3 Å². The van der Waals surface area contributed by atoms with Gasteiger partial charge in [-0.15, -0.1) is 19.6 Å². The maximum Gasteiger partial charge on any atom is 0.586 e. The third kappa shape index (κ3) is 4.07. The molecule has 0 unspecified atom stereocenters. The summed E-state index contributed by atoms with van der Waals surface area (Å²) in [6.07, 6.45) is -2.59. The van der Waals surface area contributed by atoms with E-state index in [1.165, 1.54) is 19.2 Å². The Morgan fingerprint density at radius 3 is 2.41 bits per heavy atom. The number of benzene rings is 2. The van der Waals surface area contributed by atoms with Gasteiger partial charge in [0, 0.05) is 12.6 Å². The van der Waals surface area contributed by atoms with Crippen LogP contribution in [0.15, 0.2) is 65.6 Å². The predicted molar refractivity (Wildman–Crippen MR) is 122 cm³/mol. The first-order valence-corrected chi connectivity index (χ1v) is 11.9. The number of carbonyl (C=O) groups is 1. The van der Waals surface area contributed by atoms with Crippen LogP contribution in [0.4, 0.5) is 14.6 Å². The molecular formula is C23H21F2N3O5S. The Morgan fingerprint density at radius 2 is 1.74 bits per heavy atom. The molecule has 1 saturated carbocycles. The van der Waals surface area contributed by atoms with Crippen LogP contribution >= 0.6 is 10.8 Å². The number of ether oxygens (including phenoxy) is 2. The van der Waals surface area contributed by atoms with Crippen molar-refractivity contribution in [3.05, 3.63) is 66.2 Å². The van der Waals surface area contributed by atoms with Crippen molar-refractivity contribution in [1.82, 2.24) is 9.71 Å². The highest BCUT2D eigenvalue weighted by Crippen LogP contribution is 2.52. The minimum Gasteiger partial charge on any atom is -0.395 e.